The summed E-state index contributed by atoms with van der Waals surface area (Å²) in [7, 11) is 0. The summed E-state index contributed by atoms with van der Waals surface area (Å²) in [5, 5.41) is 10.7. The minimum atomic E-state index is -0.265. The van der Waals surface area contributed by atoms with Crippen LogP contribution < -0.4 is 0 Å². The van der Waals surface area contributed by atoms with E-state index in [-0.39, 0.29) is 34.4 Å². The molecule has 0 saturated heterocycles. The fourth-order valence-corrected chi connectivity index (χ4v) is 6.71. The number of allylic oxidation sites excluding steroid dienone is 2. The Balaban J connectivity index is 2.07. The van der Waals surface area contributed by atoms with Crippen LogP contribution in [-0.2, 0) is 9.53 Å². The number of rotatable bonds is 1. The molecule has 3 nitrogen and oxygen atoms in total. The fraction of sp³-hybridized carbons (Fsp3) is 0.864. The van der Waals surface area contributed by atoms with Crippen LogP contribution >= 0.6 is 0 Å². The average molecular weight is 349 g/mol. The normalized spacial score (nSPS) is 46.3. The van der Waals surface area contributed by atoms with Gasteiger partial charge < -0.3 is 9.84 Å². The lowest BCUT2D eigenvalue weighted by atomic mass is 9.41. The lowest BCUT2D eigenvalue weighted by Gasteiger charge is -2.65. The average Bonchev–Trinajstić information content (AvgIpc) is 2.67. The van der Waals surface area contributed by atoms with Crippen molar-refractivity contribution < 1.29 is 14.6 Å². The lowest BCUT2D eigenvalue weighted by molar-refractivity contribution is -0.218. The molecular formula is C22H36O3. The van der Waals surface area contributed by atoms with E-state index in [0.717, 1.165) is 38.5 Å². The first-order valence-corrected chi connectivity index (χ1v) is 10.0. The second-order valence-corrected chi connectivity index (χ2v) is 10.1. The molecule has 0 amide bonds. The van der Waals surface area contributed by atoms with Crippen LogP contribution in [0.15, 0.2) is 11.6 Å². The molecule has 2 fully saturated rings. The highest BCUT2D eigenvalue weighted by molar-refractivity contribution is 5.66. The van der Waals surface area contributed by atoms with Crippen LogP contribution in [0.2, 0.25) is 0 Å². The molecule has 0 heterocycles. The van der Waals surface area contributed by atoms with Crippen molar-refractivity contribution in [2.45, 2.75) is 92.3 Å². The van der Waals surface area contributed by atoms with Crippen LogP contribution in [0.25, 0.3) is 0 Å². The van der Waals surface area contributed by atoms with Crippen LogP contribution in [0.1, 0.15) is 80.1 Å². The molecule has 0 aromatic rings. The van der Waals surface area contributed by atoms with Crippen molar-refractivity contribution in [3.05, 3.63) is 11.6 Å². The number of fused-ring (bicyclic) bond motifs is 3. The highest BCUT2D eigenvalue weighted by atomic mass is 16.5. The molecule has 0 spiro atoms. The van der Waals surface area contributed by atoms with E-state index >= 15 is 0 Å². The Morgan fingerprint density at radius 3 is 2.48 bits per heavy atom. The SMILES string of the molecule is CC(=O)OC1C[C@H]2C(C)(C)[C@@H](O)CC[C@]2(C)[C@H]2CCC(C)=CC[C@]12C. The van der Waals surface area contributed by atoms with Gasteiger partial charge in [-0.15, -0.1) is 0 Å². The second kappa shape index (κ2) is 6.11. The van der Waals surface area contributed by atoms with Crippen molar-refractivity contribution in [3.8, 4) is 0 Å². The van der Waals surface area contributed by atoms with Gasteiger partial charge >= 0.3 is 5.97 Å². The molecule has 0 aromatic carbocycles. The summed E-state index contributed by atoms with van der Waals surface area (Å²) in [6, 6.07) is 0. The van der Waals surface area contributed by atoms with Crippen LogP contribution in [0.3, 0.4) is 0 Å². The van der Waals surface area contributed by atoms with Gasteiger partial charge in [-0.1, -0.05) is 39.3 Å². The van der Waals surface area contributed by atoms with Crippen LogP contribution in [0.4, 0.5) is 0 Å². The van der Waals surface area contributed by atoms with E-state index in [2.05, 4.69) is 40.7 Å². The van der Waals surface area contributed by atoms with E-state index < -0.39 is 0 Å². The van der Waals surface area contributed by atoms with Crippen molar-refractivity contribution in [3.63, 3.8) is 0 Å². The molecule has 3 aliphatic rings. The molecule has 25 heavy (non-hydrogen) atoms. The van der Waals surface area contributed by atoms with E-state index in [1.54, 1.807) is 0 Å². The molecule has 3 rings (SSSR count). The van der Waals surface area contributed by atoms with Gasteiger partial charge in [0.2, 0.25) is 0 Å². The summed E-state index contributed by atoms with van der Waals surface area (Å²) in [5.41, 5.74) is 1.52. The summed E-state index contributed by atoms with van der Waals surface area (Å²) in [6.07, 6.45) is 8.19. The van der Waals surface area contributed by atoms with Crippen molar-refractivity contribution >= 4 is 5.97 Å². The Morgan fingerprint density at radius 1 is 1.16 bits per heavy atom. The largest absolute Gasteiger partial charge is 0.462 e. The van der Waals surface area contributed by atoms with Gasteiger partial charge in [0.25, 0.3) is 0 Å². The van der Waals surface area contributed by atoms with Gasteiger partial charge in [0, 0.05) is 12.3 Å². The number of hydrogen-bond acceptors (Lipinski definition) is 3. The van der Waals surface area contributed by atoms with Crippen LogP contribution in [0.5, 0.6) is 0 Å². The van der Waals surface area contributed by atoms with Gasteiger partial charge in [0.1, 0.15) is 6.10 Å². The Kier molecular flexibility index (Phi) is 4.63. The Labute approximate surface area is 153 Å². The number of aliphatic hydroxyl groups excluding tert-OH is 1. The zero-order valence-corrected chi connectivity index (χ0v) is 16.9. The summed E-state index contributed by atoms with van der Waals surface area (Å²) >= 11 is 0. The topological polar surface area (TPSA) is 46.5 Å². The van der Waals surface area contributed by atoms with E-state index in [9.17, 15) is 9.90 Å². The molecule has 3 heteroatoms. The van der Waals surface area contributed by atoms with Gasteiger partial charge in [0.05, 0.1) is 6.10 Å². The maximum atomic E-state index is 11.9. The maximum Gasteiger partial charge on any atom is 0.302 e. The molecule has 1 unspecified atom stereocenters. The molecule has 142 valence electrons. The fourth-order valence-electron chi connectivity index (χ4n) is 6.71. The Morgan fingerprint density at radius 2 is 1.84 bits per heavy atom. The third kappa shape index (κ3) is 2.87. The number of esters is 1. The van der Waals surface area contributed by atoms with Gasteiger partial charge in [-0.2, -0.15) is 0 Å². The smallest absolute Gasteiger partial charge is 0.302 e. The van der Waals surface area contributed by atoms with E-state index in [1.165, 1.54) is 12.5 Å². The predicted molar refractivity (Wildman–Crippen MR) is 100.0 cm³/mol. The number of aliphatic hydroxyl groups is 1. The van der Waals surface area contributed by atoms with E-state index in [0.29, 0.717) is 11.8 Å². The number of hydrogen-bond donors (Lipinski definition) is 1. The number of ether oxygens (including phenoxy) is 1. The first-order chi connectivity index (χ1) is 11.5. The van der Waals surface area contributed by atoms with Crippen molar-refractivity contribution in [2.24, 2.45) is 28.1 Å². The summed E-state index contributed by atoms with van der Waals surface area (Å²) in [4.78, 5) is 11.9. The summed E-state index contributed by atoms with van der Waals surface area (Å²) < 4.78 is 5.93. The van der Waals surface area contributed by atoms with Gasteiger partial charge in [-0.05, 0) is 68.1 Å². The highest BCUT2D eigenvalue weighted by Gasteiger charge is 2.63. The number of carbonyl (C=O) groups is 1. The van der Waals surface area contributed by atoms with Gasteiger partial charge in [-0.25, -0.2) is 0 Å². The molecule has 0 radical (unpaired) electrons. The van der Waals surface area contributed by atoms with Gasteiger partial charge in [-0.3, -0.25) is 4.79 Å². The van der Waals surface area contributed by atoms with Crippen molar-refractivity contribution in [1.82, 2.24) is 0 Å². The van der Waals surface area contributed by atoms with Crippen molar-refractivity contribution in [1.29, 1.82) is 0 Å². The Hall–Kier alpha value is -0.830. The first kappa shape index (κ1) is 18.9. The summed E-state index contributed by atoms with van der Waals surface area (Å²) in [6.45, 7) is 13.0. The molecule has 2 saturated carbocycles. The molecular weight excluding hydrogens is 312 g/mol. The van der Waals surface area contributed by atoms with E-state index in [4.69, 9.17) is 4.74 Å². The molecule has 0 bridgehead atoms. The minimum Gasteiger partial charge on any atom is -0.462 e. The van der Waals surface area contributed by atoms with Gasteiger partial charge in [0.15, 0.2) is 0 Å². The van der Waals surface area contributed by atoms with Crippen LogP contribution in [0, 0.1) is 28.1 Å². The summed E-state index contributed by atoms with van der Waals surface area (Å²) in [5.74, 6) is 0.723. The third-order valence-corrected chi connectivity index (χ3v) is 8.31. The van der Waals surface area contributed by atoms with Crippen LogP contribution in [-0.4, -0.2) is 23.3 Å². The zero-order valence-electron chi connectivity index (χ0n) is 16.9. The third-order valence-electron chi connectivity index (χ3n) is 8.31. The lowest BCUT2D eigenvalue weighted by Crippen LogP contribution is -2.63. The molecule has 0 aromatic heterocycles. The molecule has 1 N–H and O–H groups in total. The molecule has 6 atom stereocenters. The maximum absolute atomic E-state index is 11.9. The standard InChI is InChI=1S/C22H36O3/c1-14-7-8-16-21(5)12-10-18(24)20(3,4)17(21)13-19(25-15(2)23)22(16,6)11-9-14/h9,16-19,24H,7-8,10-13H2,1-6H3/t16-,17+,18+,19?,21-,22+/m1/s1. The first-order valence-electron chi connectivity index (χ1n) is 10.0. The number of carbonyl (C=O) groups excluding carboxylic acids is 1. The molecule has 3 aliphatic carbocycles. The zero-order chi connectivity index (χ0) is 18.6. The second-order valence-electron chi connectivity index (χ2n) is 10.1. The van der Waals surface area contributed by atoms with Crippen molar-refractivity contribution in [2.75, 3.05) is 0 Å². The highest BCUT2D eigenvalue weighted by Crippen LogP contribution is 2.67. The predicted octanol–water partition coefficient (Wildman–Crippen LogP) is 4.88. The Bertz CT molecular complexity index is 578. The minimum absolute atomic E-state index is 0.00689. The quantitative estimate of drug-likeness (QED) is 0.543. The molecule has 0 aliphatic heterocycles. The van der Waals surface area contributed by atoms with E-state index in [1.807, 2.05) is 0 Å². The monoisotopic (exact) mass is 348 g/mol.